The van der Waals surface area contributed by atoms with Gasteiger partial charge in [0.2, 0.25) is 5.89 Å². The van der Waals surface area contributed by atoms with Gasteiger partial charge in [-0.05, 0) is 45.6 Å². The summed E-state index contributed by atoms with van der Waals surface area (Å²) in [4.78, 5) is 12.1. The van der Waals surface area contributed by atoms with E-state index in [0.717, 1.165) is 5.75 Å². The molecule has 2 aromatic rings. The first-order valence-electron chi connectivity index (χ1n) is 9.13. The molecule has 0 aliphatic heterocycles. The summed E-state index contributed by atoms with van der Waals surface area (Å²) in [6, 6.07) is 7.94. The molecule has 0 bridgehead atoms. The molecule has 0 fully saturated rings. The minimum absolute atomic E-state index is 0.347. The molecule has 0 saturated carbocycles. The van der Waals surface area contributed by atoms with Crippen molar-refractivity contribution in [3.05, 3.63) is 41.3 Å². The second-order valence-electron chi connectivity index (χ2n) is 8.01. The van der Waals surface area contributed by atoms with Crippen molar-refractivity contribution in [2.24, 2.45) is 5.92 Å². The number of aromatic nitrogens is 2. The van der Waals surface area contributed by atoms with Crippen molar-refractivity contribution in [3.63, 3.8) is 0 Å². The van der Waals surface area contributed by atoms with Crippen LogP contribution >= 0.6 is 11.8 Å². The van der Waals surface area contributed by atoms with Crippen LogP contribution in [0.25, 0.3) is 0 Å². The average molecular weight is 392 g/mol. The van der Waals surface area contributed by atoms with Crippen molar-refractivity contribution in [3.8, 4) is 0 Å². The van der Waals surface area contributed by atoms with Crippen LogP contribution in [0.5, 0.6) is 0 Å². The Kier molecular flexibility index (Phi) is 7.30. The number of ether oxygens (including phenoxy) is 1. The van der Waals surface area contributed by atoms with Crippen molar-refractivity contribution >= 4 is 17.9 Å². The number of thioether (sulfide) groups is 1. The van der Waals surface area contributed by atoms with Gasteiger partial charge in [0.05, 0.1) is 0 Å². The summed E-state index contributed by atoms with van der Waals surface area (Å²) in [5.74, 6) is 1.50. The number of benzene rings is 1. The van der Waals surface area contributed by atoms with Crippen LogP contribution in [-0.4, -0.2) is 21.9 Å². The second-order valence-corrected chi connectivity index (χ2v) is 8.94. The zero-order valence-corrected chi connectivity index (χ0v) is 17.7. The van der Waals surface area contributed by atoms with E-state index < -0.39 is 11.7 Å². The first kappa shape index (κ1) is 21.3. The molecule has 2 rings (SSSR count). The van der Waals surface area contributed by atoms with E-state index in [2.05, 4.69) is 54.5 Å². The van der Waals surface area contributed by atoms with Crippen molar-refractivity contribution in [1.82, 2.24) is 15.5 Å². The fourth-order valence-corrected chi connectivity index (χ4v) is 3.22. The predicted octanol–water partition coefficient (Wildman–Crippen LogP) is 5.28. The van der Waals surface area contributed by atoms with E-state index in [1.54, 1.807) is 0 Å². The standard InChI is InChI=1S/C20H29N3O3S/c1-13(2)10-16(21-18(24)26-20(4,5)6)17-22-23-19(25-17)27-12-15-9-7-8-14(3)11-15/h7-9,11,13,16H,10,12H2,1-6H3,(H,21,24)/t16-/m0/s1. The van der Waals surface area contributed by atoms with Gasteiger partial charge in [0, 0.05) is 5.75 Å². The normalized spacial score (nSPS) is 12.9. The van der Waals surface area contributed by atoms with Crippen molar-refractivity contribution in [2.45, 2.75) is 70.6 Å². The summed E-state index contributed by atoms with van der Waals surface area (Å²) in [6.07, 6.45) is 0.198. The minimum atomic E-state index is -0.559. The van der Waals surface area contributed by atoms with Gasteiger partial charge in [0.25, 0.3) is 5.22 Å². The summed E-state index contributed by atoms with van der Waals surface area (Å²) in [7, 11) is 0. The lowest BCUT2D eigenvalue weighted by molar-refractivity contribution is 0.0487. The summed E-state index contributed by atoms with van der Waals surface area (Å²) in [5, 5.41) is 11.6. The third-order valence-electron chi connectivity index (χ3n) is 3.56. The Bertz CT molecular complexity index is 753. The van der Waals surface area contributed by atoms with E-state index in [9.17, 15) is 4.79 Å². The molecule has 1 N–H and O–H groups in total. The number of carbonyl (C=O) groups is 1. The fraction of sp³-hybridized carbons (Fsp3) is 0.550. The van der Waals surface area contributed by atoms with E-state index in [0.29, 0.717) is 23.5 Å². The van der Waals surface area contributed by atoms with E-state index >= 15 is 0 Å². The number of nitrogens with one attached hydrogen (secondary N) is 1. The van der Waals surface area contributed by atoms with Gasteiger partial charge >= 0.3 is 6.09 Å². The number of hydrogen-bond acceptors (Lipinski definition) is 6. The molecule has 1 heterocycles. The average Bonchev–Trinajstić information content (AvgIpc) is 2.99. The Morgan fingerprint density at radius 3 is 2.67 bits per heavy atom. The first-order valence-corrected chi connectivity index (χ1v) is 10.1. The van der Waals surface area contributed by atoms with E-state index in [4.69, 9.17) is 9.15 Å². The van der Waals surface area contributed by atoms with Crippen molar-refractivity contribution < 1.29 is 13.9 Å². The molecule has 1 aromatic carbocycles. The van der Waals surface area contributed by atoms with E-state index in [-0.39, 0.29) is 6.04 Å². The molecule has 0 aliphatic rings. The van der Waals surface area contributed by atoms with Crippen molar-refractivity contribution in [2.75, 3.05) is 0 Å². The van der Waals surface area contributed by atoms with Crippen LogP contribution in [-0.2, 0) is 10.5 Å². The number of hydrogen-bond donors (Lipinski definition) is 1. The second kappa shape index (κ2) is 9.26. The van der Waals surface area contributed by atoms with Crippen LogP contribution in [0.1, 0.15) is 64.1 Å². The molecular weight excluding hydrogens is 362 g/mol. The van der Waals surface area contributed by atoms with Gasteiger partial charge in [-0.2, -0.15) is 0 Å². The van der Waals surface area contributed by atoms with Gasteiger partial charge in [-0.3, -0.25) is 0 Å². The Hall–Kier alpha value is -2.02. The molecule has 0 spiro atoms. The highest BCUT2D eigenvalue weighted by Gasteiger charge is 2.25. The number of rotatable bonds is 7. The van der Waals surface area contributed by atoms with E-state index in [1.165, 1.54) is 22.9 Å². The molecule has 1 atom stereocenters. The van der Waals surface area contributed by atoms with Gasteiger partial charge in [-0.15, -0.1) is 10.2 Å². The highest BCUT2D eigenvalue weighted by Crippen LogP contribution is 2.26. The van der Waals surface area contributed by atoms with Gasteiger partial charge < -0.3 is 14.5 Å². The smallest absolute Gasteiger partial charge is 0.408 e. The van der Waals surface area contributed by atoms with Crippen LogP contribution in [0.4, 0.5) is 4.79 Å². The maximum absolute atomic E-state index is 12.1. The molecule has 6 nitrogen and oxygen atoms in total. The van der Waals surface area contributed by atoms with Gasteiger partial charge in [-0.1, -0.05) is 55.4 Å². The lowest BCUT2D eigenvalue weighted by atomic mass is 10.0. The molecule has 0 saturated heterocycles. The van der Waals surface area contributed by atoms with Gasteiger partial charge in [0.15, 0.2) is 0 Å². The molecule has 0 unspecified atom stereocenters. The maximum Gasteiger partial charge on any atom is 0.408 e. The molecular formula is C20H29N3O3S. The minimum Gasteiger partial charge on any atom is -0.444 e. The zero-order valence-electron chi connectivity index (χ0n) is 16.9. The molecule has 1 amide bonds. The first-order chi connectivity index (χ1) is 12.6. The van der Waals surface area contributed by atoms with Crippen LogP contribution in [0, 0.1) is 12.8 Å². The molecule has 7 heteroatoms. The summed E-state index contributed by atoms with van der Waals surface area (Å²) < 4.78 is 11.1. The van der Waals surface area contributed by atoms with Crippen LogP contribution in [0.2, 0.25) is 0 Å². The molecule has 148 valence electrons. The van der Waals surface area contributed by atoms with Crippen molar-refractivity contribution in [1.29, 1.82) is 0 Å². The van der Waals surface area contributed by atoms with Crippen LogP contribution < -0.4 is 5.32 Å². The van der Waals surface area contributed by atoms with Crippen LogP contribution in [0.15, 0.2) is 33.9 Å². The SMILES string of the molecule is Cc1cccc(CSc2nnc([C@H](CC(C)C)NC(=O)OC(C)(C)C)o2)c1. The molecule has 27 heavy (non-hydrogen) atoms. The quantitative estimate of drug-likeness (QED) is 0.647. The summed E-state index contributed by atoms with van der Waals surface area (Å²) >= 11 is 1.48. The molecule has 0 radical (unpaired) electrons. The highest BCUT2D eigenvalue weighted by atomic mass is 32.2. The lowest BCUT2D eigenvalue weighted by Crippen LogP contribution is -2.35. The number of aryl methyl sites for hydroxylation is 1. The Labute approximate surface area is 165 Å². The number of amides is 1. The number of nitrogens with zero attached hydrogens (tertiary/aromatic N) is 2. The summed E-state index contributed by atoms with van der Waals surface area (Å²) in [6.45, 7) is 11.7. The number of alkyl carbamates (subject to hydrolysis) is 1. The highest BCUT2D eigenvalue weighted by molar-refractivity contribution is 7.98. The Balaban J connectivity index is 2.02. The van der Waals surface area contributed by atoms with E-state index in [1.807, 2.05) is 26.8 Å². The third kappa shape index (κ3) is 7.62. The Morgan fingerprint density at radius 1 is 1.30 bits per heavy atom. The molecule has 1 aromatic heterocycles. The number of carbonyl (C=O) groups excluding carboxylic acids is 1. The Morgan fingerprint density at radius 2 is 2.04 bits per heavy atom. The lowest BCUT2D eigenvalue weighted by Gasteiger charge is -2.22. The third-order valence-corrected chi connectivity index (χ3v) is 4.45. The largest absolute Gasteiger partial charge is 0.444 e. The van der Waals surface area contributed by atoms with Crippen LogP contribution in [0.3, 0.4) is 0 Å². The predicted molar refractivity (Wildman–Crippen MR) is 107 cm³/mol. The monoisotopic (exact) mass is 391 g/mol. The summed E-state index contributed by atoms with van der Waals surface area (Å²) in [5.41, 5.74) is 1.86. The van der Waals surface area contributed by atoms with Gasteiger partial charge in [0.1, 0.15) is 11.6 Å². The maximum atomic E-state index is 12.1. The fourth-order valence-electron chi connectivity index (χ4n) is 2.51. The zero-order chi connectivity index (χ0) is 20.0. The molecule has 0 aliphatic carbocycles. The van der Waals surface area contributed by atoms with Gasteiger partial charge in [-0.25, -0.2) is 4.79 Å². The topological polar surface area (TPSA) is 77.2 Å².